The SMILES string of the molecule is NC(=O)CCN(C(=O)CSc1nncn1N)c1ccc(F)cc1. The number of hydrogen-bond acceptors (Lipinski definition) is 6. The van der Waals surface area contributed by atoms with Crippen molar-refractivity contribution in [3.05, 3.63) is 36.4 Å². The first kappa shape index (κ1) is 16.7. The lowest BCUT2D eigenvalue weighted by Gasteiger charge is -2.22. The number of thioether (sulfide) groups is 1. The molecule has 0 unspecified atom stereocenters. The average molecular weight is 338 g/mol. The zero-order valence-electron chi connectivity index (χ0n) is 12.1. The van der Waals surface area contributed by atoms with Gasteiger partial charge in [-0.2, -0.15) is 0 Å². The number of anilines is 1. The molecule has 0 fully saturated rings. The van der Waals surface area contributed by atoms with Gasteiger partial charge in [0, 0.05) is 18.7 Å². The molecule has 23 heavy (non-hydrogen) atoms. The van der Waals surface area contributed by atoms with Crippen molar-refractivity contribution < 1.29 is 14.0 Å². The molecule has 2 amide bonds. The van der Waals surface area contributed by atoms with Crippen LogP contribution in [-0.4, -0.2) is 39.0 Å². The number of amides is 2. The van der Waals surface area contributed by atoms with Crippen molar-refractivity contribution in [1.29, 1.82) is 0 Å². The summed E-state index contributed by atoms with van der Waals surface area (Å²) in [4.78, 5) is 24.8. The maximum absolute atomic E-state index is 13.0. The van der Waals surface area contributed by atoms with Crippen molar-refractivity contribution in [3.8, 4) is 0 Å². The Morgan fingerprint density at radius 2 is 2.00 bits per heavy atom. The minimum Gasteiger partial charge on any atom is -0.370 e. The number of carbonyl (C=O) groups excluding carboxylic acids is 2. The Morgan fingerprint density at radius 3 is 2.57 bits per heavy atom. The molecule has 0 radical (unpaired) electrons. The van der Waals surface area contributed by atoms with E-state index in [1.807, 2.05) is 0 Å². The third-order valence-corrected chi connectivity index (χ3v) is 3.83. The van der Waals surface area contributed by atoms with Crippen LogP contribution in [0, 0.1) is 5.82 Å². The number of halogens is 1. The van der Waals surface area contributed by atoms with Crippen LogP contribution >= 0.6 is 11.8 Å². The Hall–Kier alpha value is -2.62. The van der Waals surface area contributed by atoms with Crippen LogP contribution in [0.15, 0.2) is 35.7 Å². The van der Waals surface area contributed by atoms with Gasteiger partial charge in [0.05, 0.1) is 5.75 Å². The number of rotatable bonds is 7. The highest BCUT2D eigenvalue weighted by molar-refractivity contribution is 7.99. The number of nitrogen functional groups attached to an aromatic ring is 1. The summed E-state index contributed by atoms with van der Waals surface area (Å²) < 4.78 is 14.2. The molecule has 2 aromatic rings. The van der Waals surface area contributed by atoms with E-state index in [2.05, 4.69) is 10.2 Å². The van der Waals surface area contributed by atoms with Gasteiger partial charge in [-0.05, 0) is 24.3 Å². The molecule has 1 aromatic carbocycles. The van der Waals surface area contributed by atoms with Crippen LogP contribution in [-0.2, 0) is 9.59 Å². The Bertz CT molecular complexity index is 690. The maximum atomic E-state index is 13.0. The van der Waals surface area contributed by atoms with Crippen LogP contribution in [0.4, 0.5) is 10.1 Å². The number of aromatic nitrogens is 3. The van der Waals surface area contributed by atoms with Crippen molar-refractivity contribution in [3.63, 3.8) is 0 Å². The summed E-state index contributed by atoms with van der Waals surface area (Å²) in [5, 5.41) is 7.76. The number of primary amides is 1. The van der Waals surface area contributed by atoms with Gasteiger partial charge in [0.25, 0.3) is 0 Å². The second-order valence-electron chi connectivity index (χ2n) is 4.55. The molecule has 1 aromatic heterocycles. The molecular weight excluding hydrogens is 323 g/mol. The van der Waals surface area contributed by atoms with Gasteiger partial charge in [0.15, 0.2) is 0 Å². The van der Waals surface area contributed by atoms with E-state index in [4.69, 9.17) is 11.6 Å². The molecule has 2 rings (SSSR count). The second-order valence-corrected chi connectivity index (χ2v) is 5.49. The van der Waals surface area contributed by atoms with Crippen LogP contribution in [0.25, 0.3) is 0 Å². The maximum Gasteiger partial charge on any atom is 0.237 e. The molecule has 1 heterocycles. The smallest absolute Gasteiger partial charge is 0.237 e. The van der Waals surface area contributed by atoms with Gasteiger partial charge in [-0.3, -0.25) is 9.59 Å². The minimum absolute atomic E-state index is 0.000848. The van der Waals surface area contributed by atoms with Gasteiger partial charge in [-0.1, -0.05) is 11.8 Å². The quantitative estimate of drug-likeness (QED) is 0.547. The minimum atomic E-state index is -0.528. The van der Waals surface area contributed by atoms with Crippen molar-refractivity contribution in [2.45, 2.75) is 11.6 Å². The highest BCUT2D eigenvalue weighted by Crippen LogP contribution is 2.19. The first-order chi connectivity index (χ1) is 11.0. The Morgan fingerprint density at radius 1 is 1.30 bits per heavy atom. The van der Waals surface area contributed by atoms with Gasteiger partial charge in [-0.15, -0.1) is 10.2 Å². The Kier molecular flexibility index (Phi) is 5.52. The molecule has 8 nitrogen and oxygen atoms in total. The van der Waals surface area contributed by atoms with E-state index in [0.717, 1.165) is 11.8 Å². The Balaban J connectivity index is 2.08. The predicted molar refractivity (Wildman–Crippen MR) is 83.5 cm³/mol. The first-order valence-electron chi connectivity index (χ1n) is 6.59. The highest BCUT2D eigenvalue weighted by Gasteiger charge is 2.18. The average Bonchev–Trinajstić information content (AvgIpc) is 2.92. The zero-order valence-corrected chi connectivity index (χ0v) is 12.9. The fourth-order valence-electron chi connectivity index (χ4n) is 1.78. The fraction of sp³-hybridized carbons (Fsp3) is 0.231. The fourth-order valence-corrected chi connectivity index (χ4v) is 2.49. The molecule has 0 aliphatic rings. The molecule has 4 N–H and O–H groups in total. The van der Waals surface area contributed by atoms with E-state index in [1.54, 1.807) is 0 Å². The molecule has 0 aliphatic heterocycles. The standard InChI is InChI=1S/C13H15FN6O2S/c14-9-1-3-10(4-2-9)19(6-5-11(15)21)12(22)7-23-13-18-17-8-20(13)16/h1-4,8H,5-7,16H2,(H2,15,21). The third-order valence-electron chi connectivity index (χ3n) is 2.89. The van der Waals surface area contributed by atoms with Crippen molar-refractivity contribution >= 4 is 29.3 Å². The summed E-state index contributed by atoms with van der Waals surface area (Å²) in [6, 6.07) is 5.40. The third kappa shape index (κ3) is 4.68. The topological polar surface area (TPSA) is 120 Å². The van der Waals surface area contributed by atoms with E-state index in [0.29, 0.717) is 10.8 Å². The van der Waals surface area contributed by atoms with Gasteiger partial charge in [-0.25, -0.2) is 9.07 Å². The summed E-state index contributed by atoms with van der Waals surface area (Å²) in [7, 11) is 0. The predicted octanol–water partition coefficient (Wildman–Crippen LogP) is 0.132. The van der Waals surface area contributed by atoms with Gasteiger partial charge in [0.1, 0.15) is 12.1 Å². The van der Waals surface area contributed by atoms with E-state index < -0.39 is 11.7 Å². The largest absolute Gasteiger partial charge is 0.370 e. The molecule has 122 valence electrons. The van der Waals surface area contributed by atoms with Gasteiger partial charge < -0.3 is 16.5 Å². The van der Waals surface area contributed by atoms with Gasteiger partial charge >= 0.3 is 0 Å². The summed E-state index contributed by atoms with van der Waals surface area (Å²) in [6.45, 7) is 0.107. The number of carbonyl (C=O) groups is 2. The van der Waals surface area contributed by atoms with Crippen LogP contribution in [0.1, 0.15) is 6.42 Å². The number of nitrogens with zero attached hydrogens (tertiary/aromatic N) is 4. The number of benzene rings is 1. The number of hydrogen-bond donors (Lipinski definition) is 2. The lowest BCUT2D eigenvalue weighted by Crippen LogP contribution is -2.35. The van der Waals surface area contributed by atoms with Crippen LogP contribution in [0.3, 0.4) is 0 Å². The van der Waals surface area contributed by atoms with E-state index in [1.165, 1.54) is 40.2 Å². The highest BCUT2D eigenvalue weighted by atomic mass is 32.2. The summed E-state index contributed by atoms with van der Waals surface area (Å²) in [5.41, 5.74) is 5.61. The molecule has 0 saturated carbocycles. The molecule has 0 bridgehead atoms. The van der Waals surface area contributed by atoms with E-state index >= 15 is 0 Å². The molecule has 0 saturated heterocycles. The summed E-state index contributed by atoms with van der Waals surface area (Å²) >= 11 is 1.11. The molecule has 0 spiro atoms. The Labute approximate surface area is 135 Å². The zero-order chi connectivity index (χ0) is 16.8. The summed E-state index contributed by atoms with van der Waals surface area (Å²) in [5.74, 6) is 4.38. The normalized spacial score (nSPS) is 10.5. The molecular formula is C13H15FN6O2S. The van der Waals surface area contributed by atoms with Crippen LogP contribution in [0.2, 0.25) is 0 Å². The van der Waals surface area contributed by atoms with Crippen molar-refractivity contribution in [1.82, 2.24) is 14.9 Å². The monoisotopic (exact) mass is 338 g/mol. The lowest BCUT2D eigenvalue weighted by atomic mass is 10.2. The van der Waals surface area contributed by atoms with Gasteiger partial charge in [0.2, 0.25) is 17.0 Å². The van der Waals surface area contributed by atoms with E-state index in [9.17, 15) is 14.0 Å². The van der Waals surface area contributed by atoms with Crippen LogP contribution in [0.5, 0.6) is 0 Å². The lowest BCUT2D eigenvalue weighted by molar-refractivity contribution is -0.118. The first-order valence-corrected chi connectivity index (χ1v) is 7.58. The second kappa shape index (κ2) is 7.58. The van der Waals surface area contributed by atoms with Crippen LogP contribution < -0.4 is 16.5 Å². The number of nitrogens with two attached hydrogens (primary N) is 2. The van der Waals surface area contributed by atoms with E-state index in [-0.39, 0.29) is 24.6 Å². The summed E-state index contributed by atoms with van der Waals surface area (Å²) in [6.07, 6.45) is 1.32. The molecule has 0 aliphatic carbocycles. The van der Waals surface area contributed by atoms with Crippen molar-refractivity contribution in [2.24, 2.45) is 5.73 Å². The molecule has 10 heteroatoms. The molecule has 0 atom stereocenters. The van der Waals surface area contributed by atoms with Crippen molar-refractivity contribution in [2.75, 3.05) is 23.0 Å².